The predicted octanol–water partition coefficient (Wildman–Crippen LogP) is 3.08. The van der Waals surface area contributed by atoms with Gasteiger partial charge in [0.1, 0.15) is 0 Å². The van der Waals surface area contributed by atoms with Crippen molar-refractivity contribution in [1.82, 2.24) is 19.9 Å². The number of benzene rings is 1. The second-order valence-corrected chi connectivity index (χ2v) is 7.06. The minimum Gasteiger partial charge on any atom is -0.341 e. The van der Waals surface area contributed by atoms with Gasteiger partial charge in [-0.1, -0.05) is 30.6 Å². The van der Waals surface area contributed by atoms with Crippen LogP contribution >= 0.6 is 11.6 Å². The molecule has 1 aliphatic heterocycles. The fourth-order valence-corrected chi connectivity index (χ4v) is 3.07. The van der Waals surface area contributed by atoms with Crippen molar-refractivity contribution in [2.24, 2.45) is 5.92 Å². The molecule has 0 unspecified atom stereocenters. The zero-order valence-electron chi connectivity index (χ0n) is 14.6. The quantitative estimate of drug-likeness (QED) is 0.836. The molecule has 134 valence electrons. The van der Waals surface area contributed by atoms with Crippen molar-refractivity contribution < 1.29 is 9.32 Å². The summed E-state index contributed by atoms with van der Waals surface area (Å²) in [5.41, 5.74) is 0.879. The molecule has 0 N–H and O–H groups in total. The summed E-state index contributed by atoms with van der Waals surface area (Å²) in [4.78, 5) is 20.8. The Morgan fingerprint density at radius 1 is 1.20 bits per heavy atom. The van der Waals surface area contributed by atoms with Crippen LogP contribution in [0.15, 0.2) is 28.8 Å². The average Bonchev–Trinajstić information content (AvgIpc) is 2.93. The van der Waals surface area contributed by atoms with Gasteiger partial charge in [0.2, 0.25) is 17.6 Å². The van der Waals surface area contributed by atoms with E-state index in [1.54, 1.807) is 0 Å². The first-order chi connectivity index (χ1) is 12.0. The Bertz CT molecular complexity index is 714. The zero-order valence-corrected chi connectivity index (χ0v) is 15.4. The summed E-state index contributed by atoms with van der Waals surface area (Å²) in [5.74, 6) is 1.43. The molecule has 1 aromatic carbocycles. The highest BCUT2D eigenvalue weighted by Crippen LogP contribution is 2.19. The average molecular weight is 363 g/mol. The number of hydrogen-bond donors (Lipinski definition) is 0. The fourth-order valence-electron chi connectivity index (χ4n) is 2.94. The molecule has 0 atom stereocenters. The Balaban J connectivity index is 1.60. The molecule has 1 fully saturated rings. The number of hydrogen-bond acceptors (Lipinski definition) is 5. The lowest BCUT2D eigenvalue weighted by Crippen LogP contribution is -2.37. The number of halogens is 1. The van der Waals surface area contributed by atoms with Crippen molar-refractivity contribution >= 4 is 17.5 Å². The van der Waals surface area contributed by atoms with Crippen molar-refractivity contribution in [2.45, 2.75) is 26.8 Å². The standard InChI is InChI=1S/C18H23ClN4O2/c1-13(2)18(24)23-9-3-8-22(10-11-23)12-16-20-17(21-25-16)14-4-6-15(19)7-5-14/h4-7,13H,3,8-12H2,1-2H3. The Hall–Kier alpha value is -1.92. The Labute approximate surface area is 152 Å². The largest absolute Gasteiger partial charge is 0.341 e. The van der Waals surface area contributed by atoms with Gasteiger partial charge in [-0.25, -0.2) is 0 Å². The first-order valence-electron chi connectivity index (χ1n) is 8.62. The van der Waals surface area contributed by atoms with Gasteiger partial charge in [0.15, 0.2) is 0 Å². The van der Waals surface area contributed by atoms with E-state index in [9.17, 15) is 4.79 Å². The maximum Gasteiger partial charge on any atom is 0.241 e. The van der Waals surface area contributed by atoms with Crippen molar-refractivity contribution in [2.75, 3.05) is 26.2 Å². The van der Waals surface area contributed by atoms with Gasteiger partial charge >= 0.3 is 0 Å². The lowest BCUT2D eigenvalue weighted by Gasteiger charge is -2.22. The van der Waals surface area contributed by atoms with E-state index in [0.717, 1.165) is 38.2 Å². The topological polar surface area (TPSA) is 62.5 Å². The van der Waals surface area contributed by atoms with Gasteiger partial charge in [0, 0.05) is 42.7 Å². The number of nitrogens with zero attached hydrogens (tertiary/aromatic N) is 4. The van der Waals surface area contributed by atoms with E-state index in [0.29, 0.717) is 23.3 Å². The molecule has 0 aliphatic carbocycles. The highest BCUT2D eigenvalue weighted by atomic mass is 35.5. The summed E-state index contributed by atoms with van der Waals surface area (Å²) in [6, 6.07) is 7.36. The molecule has 0 spiro atoms. The highest BCUT2D eigenvalue weighted by molar-refractivity contribution is 6.30. The molecule has 1 amide bonds. The van der Waals surface area contributed by atoms with Gasteiger partial charge in [-0.05, 0) is 30.7 Å². The minimum atomic E-state index is 0.0458. The van der Waals surface area contributed by atoms with Crippen LogP contribution in [0.3, 0.4) is 0 Å². The molecule has 2 heterocycles. The number of rotatable bonds is 4. The zero-order chi connectivity index (χ0) is 17.8. The van der Waals surface area contributed by atoms with Crippen LogP contribution in [0.1, 0.15) is 26.2 Å². The van der Waals surface area contributed by atoms with E-state index in [1.807, 2.05) is 43.0 Å². The van der Waals surface area contributed by atoms with Crippen molar-refractivity contribution in [3.05, 3.63) is 35.2 Å². The first-order valence-corrected chi connectivity index (χ1v) is 9.00. The Morgan fingerprint density at radius 2 is 1.96 bits per heavy atom. The van der Waals surface area contributed by atoms with Crippen LogP contribution in [-0.4, -0.2) is 52.0 Å². The molecule has 25 heavy (non-hydrogen) atoms. The van der Waals surface area contributed by atoms with Crippen molar-refractivity contribution in [1.29, 1.82) is 0 Å². The molecule has 1 aliphatic rings. The van der Waals surface area contributed by atoms with Crippen LogP contribution in [0.4, 0.5) is 0 Å². The van der Waals surface area contributed by atoms with Gasteiger partial charge in [-0.2, -0.15) is 4.98 Å². The van der Waals surface area contributed by atoms with Crippen LogP contribution in [0, 0.1) is 5.92 Å². The fraction of sp³-hybridized carbons (Fsp3) is 0.500. The maximum atomic E-state index is 12.2. The summed E-state index contributed by atoms with van der Waals surface area (Å²) >= 11 is 5.90. The smallest absolute Gasteiger partial charge is 0.241 e. The van der Waals surface area contributed by atoms with E-state index in [-0.39, 0.29) is 11.8 Å². The summed E-state index contributed by atoms with van der Waals surface area (Å²) in [6.07, 6.45) is 0.955. The molecule has 7 heteroatoms. The number of aromatic nitrogens is 2. The van der Waals surface area contributed by atoms with E-state index >= 15 is 0 Å². The predicted molar refractivity (Wildman–Crippen MR) is 96.1 cm³/mol. The lowest BCUT2D eigenvalue weighted by atomic mass is 10.2. The molecule has 2 aromatic rings. The molecular formula is C18H23ClN4O2. The number of carbonyl (C=O) groups is 1. The summed E-state index contributed by atoms with van der Waals surface area (Å²) < 4.78 is 5.39. The summed E-state index contributed by atoms with van der Waals surface area (Å²) in [6.45, 7) is 7.79. The van der Waals surface area contributed by atoms with Crippen LogP contribution in [0.5, 0.6) is 0 Å². The summed E-state index contributed by atoms with van der Waals surface area (Å²) in [7, 11) is 0. The van der Waals surface area contributed by atoms with Crippen LogP contribution in [0.25, 0.3) is 11.4 Å². The molecule has 0 saturated carbocycles. The molecular weight excluding hydrogens is 340 g/mol. The molecule has 1 aromatic heterocycles. The van der Waals surface area contributed by atoms with E-state index in [1.165, 1.54) is 0 Å². The monoisotopic (exact) mass is 362 g/mol. The van der Waals surface area contributed by atoms with Crippen LogP contribution < -0.4 is 0 Å². The third-order valence-corrected chi connectivity index (χ3v) is 4.58. The Morgan fingerprint density at radius 3 is 2.68 bits per heavy atom. The lowest BCUT2D eigenvalue weighted by molar-refractivity contribution is -0.134. The summed E-state index contributed by atoms with van der Waals surface area (Å²) in [5, 5.41) is 4.73. The normalized spacial score (nSPS) is 16.2. The van der Waals surface area contributed by atoms with Gasteiger partial charge in [0.05, 0.1) is 6.54 Å². The first kappa shape index (κ1) is 17.9. The van der Waals surface area contributed by atoms with Gasteiger partial charge < -0.3 is 9.42 Å². The molecule has 1 saturated heterocycles. The van der Waals surface area contributed by atoms with Crippen molar-refractivity contribution in [3.63, 3.8) is 0 Å². The Kier molecular flexibility index (Phi) is 5.71. The second-order valence-electron chi connectivity index (χ2n) is 6.63. The number of carbonyl (C=O) groups excluding carboxylic acids is 1. The van der Waals surface area contributed by atoms with Gasteiger partial charge in [-0.15, -0.1) is 0 Å². The van der Waals surface area contributed by atoms with Crippen LogP contribution in [0.2, 0.25) is 5.02 Å². The maximum absolute atomic E-state index is 12.2. The molecule has 0 bridgehead atoms. The highest BCUT2D eigenvalue weighted by Gasteiger charge is 2.22. The van der Waals surface area contributed by atoms with E-state index in [2.05, 4.69) is 15.0 Å². The second kappa shape index (κ2) is 7.97. The molecule has 0 radical (unpaired) electrons. The van der Waals surface area contributed by atoms with Gasteiger partial charge in [0.25, 0.3) is 0 Å². The third kappa shape index (κ3) is 4.58. The van der Waals surface area contributed by atoms with Gasteiger partial charge in [-0.3, -0.25) is 9.69 Å². The van der Waals surface area contributed by atoms with Crippen LogP contribution in [-0.2, 0) is 11.3 Å². The minimum absolute atomic E-state index is 0.0458. The van der Waals surface area contributed by atoms with E-state index in [4.69, 9.17) is 16.1 Å². The molecule has 3 rings (SSSR count). The third-order valence-electron chi connectivity index (χ3n) is 4.32. The van der Waals surface area contributed by atoms with Crippen molar-refractivity contribution in [3.8, 4) is 11.4 Å². The van der Waals surface area contributed by atoms with E-state index < -0.39 is 0 Å². The number of amides is 1. The molecule has 6 nitrogen and oxygen atoms in total. The SMILES string of the molecule is CC(C)C(=O)N1CCCN(Cc2nc(-c3ccc(Cl)cc3)no2)CC1.